The number of anilines is 1. The van der Waals surface area contributed by atoms with Crippen molar-refractivity contribution >= 4 is 38.5 Å². The molecule has 0 aliphatic carbocycles. The van der Waals surface area contributed by atoms with Gasteiger partial charge in [0.1, 0.15) is 5.75 Å². The maximum absolute atomic E-state index is 5.21. The number of thioether (sulfide) groups is 1. The minimum absolute atomic E-state index is 0.430. The number of amidine groups is 1. The Kier molecular flexibility index (Phi) is 4.56. The Morgan fingerprint density at radius 2 is 2.28 bits per heavy atom. The van der Waals surface area contributed by atoms with Gasteiger partial charge in [-0.15, -0.1) is 0 Å². The van der Waals surface area contributed by atoms with Crippen molar-refractivity contribution in [2.24, 2.45) is 10.9 Å². The minimum Gasteiger partial charge on any atom is -0.496 e. The van der Waals surface area contributed by atoms with Crippen molar-refractivity contribution in [2.45, 2.75) is 19.9 Å². The zero-order chi connectivity index (χ0) is 13.1. The van der Waals surface area contributed by atoms with Crippen LogP contribution in [0.4, 0.5) is 5.69 Å². The normalized spacial score (nSPS) is 18.9. The van der Waals surface area contributed by atoms with Crippen LogP contribution in [0.15, 0.2) is 27.7 Å². The summed E-state index contributed by atoms with van der Waals surface area (Å²) in [6, 6.07) is 6.37. The lowest BCUT2D eigenvalue weighted by Gasteiger charge is -2.09. The molecule has 0 unspecified atom stereocenters. The highest BCUT2D eigenvalue weighted by atomic mass is 79.9. The number of rotatable bonds is 3. The van der Waals surface area contributed by atoms with Crippen LogP contribution in [0.1, 0.15) is 13.8 Å². The summed E-state index contributed by atoms with van der Waals surface area (Å²) >= 11 is 5.26. The van der Waals surface area contributed by atoms with Crippen LogP contribution < -0.4 is 10.1 Å². The van der Waals surface area contributed by atoms with Gasteiger partial charge in [-0.2, -0.15) is 0 Å². The predicted molar refractivity (Wildman–Crippen MR) is 82.8 cm³/mol. The standard InChI is InChI=1S/C13H17BrN2OS/c1-8(2)11-7-18-13(16-11)15-9-4-5-12(17-3)10(14)6-9/h4-6,8,11H,7H2,1-3H3,(H,15,16)/t11-/m1/s1. The summed E-state index contributed by atoms with van der Waals surface area (Å²) in [6.07, 6.45) is 0. The fourth-order valence-electron chi connectivity index (χ4n) is 1.67. The second kappa shape index (κ2) is 5.97. The fourth-order valence-corrected chi connectivity index (χ4v) is 3.40. The third kappa shape index (κ3) is 3.20. The first-order valence-electron chi connectivity index (χ1n) is 5.91. The van der Waals surface area contributed by atoms with Crippen molar-refractivity contribution in [1.82, 2.24) is 0 Å². The molecular formula is C13H17BrN2OS. The van der Waals surface area contributed by atoms with Gasteiger partial charge in [0.25, 0.3) is 0 Å². The van der Waals surface area contributed by atoms with Crippen LogP contribution in [0.2, 0.25) is 0 Å². The maximum atomic E-state index is 5.21. The van der Waals surface area contributed by atoms with Crippen molar-refractivity contribution in [2.75, 3.05) is 18.2 Å². The molecule has 3 nitrogen and oxygen atoms in total. The van der Waals surface area contributed by atoms with Gasteiger partial charge in [0.15, 0.2) is 5.17 Å². The lowest BCUT2D eigenvalue weighted by Crippen LogP contribution is -2.12. The third-order valence-electron chi connectivity index (χ3n) is 2.85. The van der Waals surface area contributed by atoms with E-state index in [4.69, 9.17) is 4.74 Å². The number of hydrogen-bond acceptors (Lipinski definition) is 4. The fraction of sp³-hybridized carbons (Fsp3) is 0.462. The van der Waals surface area contributed by atoms with Crippen molar-refractivity contribution < 1.29 is 4.74 Å². The molecule has 1 aromatic rings. The van der Waals surface area contributed by atoms with E-state index in [0.29, 0.717) is 12.0 Å². The van der Waals surface area contributed by atoms with Gasteiger partial charge in [0, 0.05) is 11.4 Å². The van der Waals surface area contributed by atoms with Crippen molar-refractivity contribution in [3.63, 3.8) is 0 Å². The lowest BCUT2D eigenvalue weighted by molar-refractivity contribution is 0.412. The van der Waals surface area contributed by atoms with Crippen LogP contribution in [0.25, 0.3) is 0 Å². The van der Waals surface area contributed by atoms with Gasteiger partial charge in [-0.05, 0) is 40.0 Å². The molecule has 1 atom stereocenters. The monoisotopic (exact) mass is 328 g/mol. The van der Waals surface area contributed by atoms with E-state index < -0.39 is 0 Å². The molecule has 0 bridgehead atoms. The summed E-state index contributed by atoms with van der Waals surface area (Å²) in [4.78, 5) is 4.68. The molecule has 2 rings (SSSR count). The Bertz CT molecular complexity index is 462. The molecule has 0 amide bonds. The first-order chi connectivity index (χ1) is 8.60. The van der Waals surface area contributed by atoms with Crippen molar-refractivity contribution in [3.8, 4) is 5.75 Å². The number of halogens is 1. The van der Waals surface area contributed by atoms with E-state index in [1.54, 1.807) is 18.9 Å². The van der Waals surface area contributed by atoms with Gasteiger partial charge in [-0.3, -0.25) is 4.99 Å². The molecule has 98 valence electrons. The molecule has 1 aromatic carbocycles. The van der Waals surface area contributed by atoms with E-state index >= 15 is 0 Å². The maximum Gasteiger partial charge on any atom is 0.161 e. The molecule has 1 heterocycles. The molecule has 0 aromatic heterocycles. The lowest BCUT2D eigenvalue weighted by atomic mass is 10.1. The Balaban J connectivity index is 2.06. The number of ether oxygens (including phenoxy) is 1. The van der Waals surface area contributed by atoms with Crippen LogP contribution in [0, 0.1) is 5.92 Å². The summed E-state index contributed by atoms with van der Waals surface area (Å²) < 4.78 is 6.15. The first-order valence-corrected chi connectivity index (χ1v) is 7.69. The summed E-state index contributed by atoms with van der Waals surface area (Å²) in [5.74, 6) is 2.50. The molecule has 0 spiro atoms. The van der Waals surface area contributed by atoms with Crippen LogP contribution in [-0.2, 0) is 0 Å². The average molecular weight is 329 g/mol. The Labute approximate surface area is 121 Å². The van der Waals surface area contributed by atoms with Crippen LogP contribution in [0.5, 0.6) is 5.75 Å². The van der Waals surface area contributed by atoms with E-state index in [1.807, 2.05) is 18.2 Å². The Morgan fingerprint density at radius 1 is 1.50 bits per heavy atom. The zero-order valence-corrected chi connectivity index (χ0v) is 13.1. The molecule has 1 aliphatic heterocycles. The second-order valence-electron chi connectivity index (χ2n) is 4.53. The summed E-state index contributed by atoms with van der Waals surface area (Å²) in [6.45, 7) is 4.42. The van der Waals surface area contributed by atoms with E-state index in [9.17, 15) is 0 Å². The van der Waals surface area contributed by atoms with E-state index in [2.05, 4.69) is 40.1 Å². The largest absolute Gasteiger partial charge is 0.496 e. The van der Waals surface area contributed by atoms with Gasteiger partial charge >= 0.3 is 0 Å². The summed E-state index contributed by atoms with van der Waals surface area (Å²) in [7, 11) is 1.66. The van der Waals surface area contributed by atoms with E-state index in [-0.39, 0.29) is 0 Å². The third-order valence-corrected chi connectivity index (χ3v) is 4.46. The highest BCUT2D eigenvalue weighted by Crippen LogP contribution is 2.29. The van der Waals surface area contributed by atoms with Gasteiger partial charge in [0.05, 0.1) is 17.6 Å². The van der Waals surface area contributed by atoms with E-state index in [1.165, 1.54) is 0 Å². The SMILES string of the molecule is COc1ccc(NC2=N[C@@H](C(C)C)CS2)cc1Br. The number of nitrogens with one attached hydrogen (secondary N) is 1. The molecule has 1 N–H and O–H groups in total. The van der Waals surface area contributed by atoms with Gasteiger partial charge in [0.2, 0.25) is 0 Å². The second-order valence-corrected chi connectivity index (χ2v) is 6.39. The zero-order valence-electron chi connectivity index (χ0n) is 10.7. The number of hydrogen-bond donors (Lipinski definition) is 1. The molecule has 18 heavy (non-hydrogen) atoms. The summed E-state index contributed by atoms with van der Waals surface area (Å²) in [5.41, 5.74) is 1.03. The van der Waals surface area contributed by atoms with Crippen LogP contribution in [-0.4, -0.2) is 24.1 Å². The highest BCUT2D eigenvalue weighted by molar-refractivity contribution is 9.10. The molecule has 1 aliphatic rings. The smallest absolute Gasteiger partial charge is 0.161 e. The summed E-state index contributed by atoms with van der Waals surface area (Å²) in [5, 5.41) is 4.35. The van der Waals surface area contributed by atoms with Gasteiger partial charge < -0.3 is 10.1 Å². The molecule has 5 heteroatoms. The first kappa shape index (κ1) is 13.7. The topological polar surface area (TPSA) is 33.6 Å². The number of nitrogens with zero attached hydrogens (tertiary/aromatic N) is 1. The number of methoxy groups -OCH3 is 1. The van der Waals surface area contributed by atoms with Crippen LogP contribution in [0.3, 0.4) is 0 Å². The molecular weight excluding hydrogens is 312 g/mol. The molecule has 0 saturated carbocycles. The average Bonchev–Trinajstić information content (AvgIpc) is 2.78. The molecule has 0 saturated heterocycles. The van der Waals surface area contributed by atoms with Gasteiger partial charge in [-0.25, -0.2) is 0 Å². The number of benzene rings is 1. The van der Waals surface area contributed by atoms with Crippen LogP contribution >= 0.6 is 27.7 Å². The van der Waals surface area contributed by atoms with Gasteiger partial charge in [-0.1, -0.05) is 25.6 Å². The predicted octanol–water partition coefficient (Wildman–Crippen LogP) is 4.00. The quantitative estimate of drug-likeness (QED) is 0.910. The van der Waals surface area contributed by atoms with Crippen molar-refractivity contribution in [1.29, 1.82) is 0 Å². The molecule has 0 fully saturated rings. The van der Waals surface area contributed by atoms with E-state index in [0.717, 1.165) is 26.8 Å². The van der Waals surface area contributed by atoms with Crippen molar-refractivity contribution in [3.05, 3.63) is 22.7 Å². The highest BCUT2D eigenvalue weighted by Gasteiger charge is 2.21. The minimum atomic E-state index is 0.430. The number of aliphatic imine (C=N–C) groups is 1. The molecule has 0 radical (unpaired) electrons. The Hall–Kier alpha value is -0.680. The Morgan fingerprint density at radius 3 is 2.83 bits per heavy atom.